The van der Waals surface area contributed by atoms with Crippen molar-refractivity contribution >= 4 is 68.0 Å². The van der Waals surface area contributed by atoms with E-state index in [1.54, 1.807) is 47.3 Å². The van der Waals surface area contributed by atoms with Crippen LogP contribution < -0.4 is 14.8 Å². The van der Waals surface area contributed by atoms with E-state index in [1.807, 2.05) is 48.5 Å². The molecule has 1 atom stereocenters. The van der Waals surface area contributed by atoms with Crippen LogP contribution in [0.2, 0.25) is 10.0 Å². The molecular formula is C45H69Cl2N11O7S. The van der Waals surface area contributed by atoms with Crippen LogP contribution in [-0.2, 0) is 40.7 Å². The maximum atomic E-state index is 13.1. The topological polar surface area (TPSA) is 234 Å². The summed E-state index contributed by atoms with van der Waals surface area (Å²) in [6, 6.07) is 6.33. The standard InChI is InChI=1S/C30H47ClN6O4S.C15H22ClN5O3/c1-9-10-11-12-13-16-19-42(39,40)36-21-17-14-15-18-22(21)41-20-23(38)32-30(7,8)29(5,6)27-34-33-26-24(31)25(28(2,3)4)35-37(26)27;1-8(20(5)9(22)6-7-10(23)24)13-17-18-14-11(16)12(15(2,3)4)19-21(13)14/h14-15,17-18,35-36H,9-13,16,19-20H2,1-8H3,(H,32,38);8,19H,6-7H2,1-5H3,(H,23,24). The van der Waals surface area contributed by atoms with E-state index in [1.165, 1.54) is 11.3 Å². The zero-order valence-corrected chi connectivity index (χ0v) is 43.0. The highest BCUT2D eigenvalue weighted by Gasteiger charge is 2.44. The van der Waals surface area contributed by atoms with E-state index in [9.17, 15) is 22.8 Å². The van der Waals surface area contributed by atoms with Crippen LogP contribution in [0.5, 0.6) is 5.75 Å². The number of carbonyl (C=O) groups is 3. The van der Waals surface area contributed by atoms with Crippen molar-refractivity contribution in [2.75, 3.05) is 24.1 Å². The summed E-state index contributed by atoms with van der Waals surface area (Å²) in [7, 11) is -1.93. The highest BCUT2D eigenvalue weighted by Crippen LogP contribution is 2.38. The van der Waals surface area contributed by atoms with Gasteiger partial charge in [-0.15, -0.1) is 20.4 Å². The Bertz CT molecular complexity index is 2580. The van der Waals surface area contributed by atoms with Crippen molar-refractivity contribution in [3.63, 3.8) is 0 Å². The van der Waals surface area contributed by atoms with Crippen LogP contribution in [0.15, 0.2) is 24.3 Å². The van der Waals surface area contributed by atoms with E-state index in [4.69, 9.17) is 33.0 Å². The van der Waals surface area contributed by atoms with E-state index in [0.29, 0.717) is 45.1 Å². The number of aromatic nitrogens is 8. The predicted octanol–water partition coefficient (Wildman–Crippen LogP) is 8.75. The summed E-state index contributed by atoms with van der Waals surface area (Å²) >= 11 is 13.0. The molecular weight excluding hydrogens is 910 g/mol. The molecule has 1 aromatic carbocycles. The number of carboxylic acid groups (broad SMARTS) is 1. The number of amides is 2. The first kappa shape index (κ1) is 53.7. The lowest BCUT2D eigenvalue weighted by Crippen LogP contribution is -2.57. The Morgan fingerprint density at radius 2 is 1.36 bits per heavy atom. The van der Waals surface area contributed by atoms with Crippen LogP contribution in [0, 0.1) is 0 Å². The Morgan fingerprint density at radius 3 is 1.95 bits per heavy atom. The molecule has 1 unspecified atom stereocenters. The molecule has 0 aliphatic heterocycles. The SMILES string of the molecule is CC(c1nnc2c(Cl)c(C(C)(C)C)[nH]n12)N(C)C(=O)CCC(=O)O.CCCCCCCCS(=O)(=O)Nc1ccccc1OCC(=O)NC(C)(C)C(C)(C)c1nnc2c(Cl)c(C(C)(C)C)[nH]n12. The zero-order valence-electron chi connectivity index (χ0n) is 40.6. The van der Waals surface area contributed by atoms with Gasteiger partial charge in [0.25, 0.3) is 5.91 Å². The normalized spacial score (nSPS) is 13.1. The summed E-state index contributed by atoms with van der Waals surface area (Å²) in [5.74, 6) is -0.156. The van der Waals surface area contributed by atoms with Gasteiger partial charge in [0.15, 0.2) is 29.6 Å². The molecule has 0 spiro atoms. The van der Waals surface area contributed by atoms with Crippen LogP contribution in [0.1, 0.15) is 164 Å². The number of nitrogens with zero attached hydrogens (tertiary/aromatic N) is 7. The maximum absolute atomic E-state index is 13.1. The number of ether oxygens (including phenoxy) is 1. The van der Waals surface area contributed by atoms with Crippen molar-refractivity contribution in [2.24, 2.45) is 0 Å². The number of hydrogen-bond donors (Lipinski definition) is 5. The average molecular weight is 979 g/mol. The lowest BCUT2D eigenvalue weighted by Gasteiger charge is -2.40. The number of aliphatic carboxylic acids is 1. The number of nitrogens with one attached hydrogen (secondary N) is 4. The molecule has 0 aliphatic carbocycles. The van der Waals surface area contributed by atoms with Gasteiger partial charge < -0.3 is 20.1 Å². The first-order valence-electron chi connectivity index (χ1n) is 22.3. The molecule has 5 N–H and O–H groups in total. The molecule has 21 heteroatoms. The van der Waals surface area contributed by atoms with E-state index in [0.717, 1.165) is 37.1 Å². The number of benzene rings is 1. The summed E-state index contributed by atoms with van der Waals surface area (Å²) in [5, 5.41) is 36.3. The second kappa shape index (κ2) is 21.4. The second-order valence-corrected chi connectivity index (χ2v) is 22.4. The number of para-hydroxylation sites is 2. The van der Waals surface area contributed by atoms with E-state index < -0.39 is 26.9 Å². The number of halogens is 2. The fourth-order valence-electron chi connectivity index (χ4n) is 7.01. The van der Waals surface area contributed by atoms with Crippen molar-refractivity contribution in [3.8, 4) is 5.75 Å². The Hall–Kier alpha value is -4.88. The minimum atomic E-state index is -3.55. The Morgan fingerprint density at radius 1 is 0.818 bits per heavy atom. The number of aromatic amines is 2. The molecule has 4 heterocycles. The number of unbranched alkanes of at least 4 members (excludes halogenated alkanes) is 5. The van der Waals surface area contributed by atoms with Gasteiger partial charge in [0.2, 0.25) is 15.9 Å². The molecule has 0 aliphatic rings. The van der Waals surface area contributed by atoms with Gasteiger partial charge in [0, 0.05) is 35.3 Å². The van der Waals surface area contributed by atoms with E-state index in [-0.39, 0.29) is 59.6 Å². The first-order chi connectivity index (χ1) is 30.5. The first-order valence-corrected chi connectivity index (χ1v) is 24.7. The van der Waals surface area contributed by atoms with Crippen LogP contribution in [0.4, 0.5) is 5.69 Å². The summed E-state index contributed by atoms with van der Waals surface area (Å²) in [5.41, 5.74) is 1.15. The Kier molecular flexibility index (Phi) is 17.4. The summed E-state index contributed by atoms with van der Waals surface area (Å²) in [4.78, 5) is 37.3. The minimum Gasteiger partial charge on any atom is -0.482 e. The lowest BCUT2D eigenvalue weighted by atomic mass is 9.73. The molecule has 18 nitrogen and oxygen atoms in total. The fourth-order valence-corrected chi connectivity index (χ4v) is 9.09. The summed E-state index contributed by atoms with van der Waals surface area (Å²) in [6.45, 7) is 23.7. The molecule has 5 aromatic rings. The van der Waals surface area contributed by atoms with Crippen LogP contribution in [-0.4, -0.2) is 101 Å². The van der Waals surface area contributed by atoms with Crippen LogP contribution in [0.25, 0.3) is 11.3 Å². The number of carbonyl (C=O) groups excluding carboxylic acids is 2. The molecule has 0 radical (unpaired) electrons. The number of fused-ring (bicyclic) bond motifs is 2. The number of H-pyrrole nitrogens is 2. The van der Waals surface area contributed by atoms with Gasteiger partial charge >= 0.3 is 5.97 Å². The summed E-state index contributed by atoms with van der Waals surface area (Å²) in [6.07, 6.45) is 5.69. The Labute approximate surface area is 398 Å². The highest BCUT2D eigenvalue weighted by atomic mass is 35.5. The third-order valence-corrected chi connectivity index (χ3v) is 14.0. The molecule has 0 fully saturated rings. The minimum absolute atomic E-state index is 0.0381. The number of anilines is 1. The van der Waals surface area contributed by atoms with Gasteiger partial charge in [-0.3, -0.25) is 29.3 Å². The van der Waals surface area contributed by atoms with Gasteiger partial charge in [-0.25, -0.2) is 17.4 Å². The van der Waals surface area contributed by atoms with Crippen molar-refractivity contribution in [1.29, 1.82) is 0 Å². The number of hydrogen-bond acceptors (Lipinski definition) is 10. The van der Waals surface area contributed by atoms with Gasteiger partial charge in [0.05, 0.1) is 35.3 Å². The largest absolute Gasteiger partial charge is 0.482 e. The molecule has 0 saturated heterocycles. The van der Waals surface area contributed by atoms with E-state index >= 15 is 0 Å². The molecule has 0 saturated carbocycles. The highest BCUT2D eigenvalue weighted by molar-refractivity contribution is 7.92. The van der Waals surface area contributed by atoms with Gasteiger partial charge in [-0.1, -0.05) is 130 Å². The fraction of sp³-hybridized carbons (Fsp3) is 0.622. The van der Waals surface area contributed by atoms with Crippen molar-refractivity contribution < 1.29 is 32.6 Å². The van der Waals surface area contributed by atoms with Crippen LogP contribution in [0.3, 0.4) is 0 Å². The van der Waals surface area contributed by atoms with Gasteiger partial charge in [-0.2, -0.15) is 0 Å². The van der Waals surface area contributed by atoms with Crippen molar-refractivity contribution in [1.82, 2.24) is 49.8 Å². The quantitative estimate of drug-likeness (QED) is 0.0463. The third-order valence-electron chi connectivity index (χ3n) is 11.9. The van der Waals surface area contributed by atoms with Crippen molar-refractivity contribution in [2.45, 2.75) is 162 Å². The Balaban J connectivity index is 0.000000335. The average Bonchev–Trinajstić information content (AvgIpc) is 3.99. The molecule has 0 bridgehead atoms. The summed E-state index contributed by atoms with van der Waals surface area (Å²) < 4.78 is 37.3. The lowest BCUT2D eigenvalue weighted by molar-refractivity contribution is -0.141. The smallest absolute Gasteiger partial charge is 0.303 e. The molecule has 66 heavy (non-hydrogen) atoms. The molecule has 5 rings (SSSR count). The second-order valence-electron chi connectivity index (χ2n) is 19.8. The zero-order chi connectivity index (χ0) is 49.6. The molecule has 366 valence electrons. The van der Waals surface area contributed by atoms with Gasteiger partial charge in [0.1, 0.15) is 15.8 Å². The maximum Gasteiger partial charge on any atom is 0.303 e. The predicted molar refractivity (Wildman–Crippen MR) is 258 cm³/mol. The van der Waals surface area contributed by atoms with Gasteiger partial charge in [-0.05, 0) is 39.3 Å². The van der Waals surface area contributed by atoms with Crippen LogP contribution >= 0.6 is 23.2 Å². The number of sulfonamides is 1. The number of carboxylic acids is 1. The molecule has 2 amide bonds. The van der Waals surface area contributed by atoms with Crippen molar-refractivity contribution in [3.05, 3.63) is 57.3 Å². The third kappa shape index (κ3) is 13.0. The monoisotopic (exact) mass is 977 g/mol. The number of rotatable bonds is 20. The van der Waals surface area contributed by atoms with E-state index in [2.05, 4.69) is 68.3 Å². The molecule has 4 aromatic heterocycles.